The number of nitrogens with zero attached hydrogens (tertiary/aromatic N) is 1. The number of ether oxygens (including phenoxy) is 1. The molecular formula is C24H30N2O3. The maximum Gasteiger partial charge on any atom is 0.225 e. The zero-order chi connectivity index (χ0) is 20.6. The fraction of sp³-hybridized carbons (Fsp3) is 0.417. The van der Waals surface area contributed by atoms with E-state index in [4.69, 9.17) is 4.74 Å². The van der Waals surface area contributed by atoms with Crippen molar-refractivity contribution in [3.05, 3.63) is 65.2 Å². The summed E-state index contributed by atoms with van der Waals surface area (Å²) in [5.74, 6) is 1.03. The van der Waals surface area contributed by atoms with Crippen LogP contribution >= 0.6 is 0 Å². The molecule has 29 heavy (non-hydrogen) atoms. The van der Waals surface area contributed by atoms with E-state index in [1.165, 1.54) is 0 Å². The summed E-state index contributed by atoms with van der Waals surface area (Å²) in [4.78, 5) is 26.8. The first kappa shape index (κ1) is 20.9. The predicted molar refractivity (Wildman–Crippen MR) is 114 cm³/mol. The molecule has 3 rings (SSSR count). The van der Waals surface area contributed by atoms with Crippen molar-refractivity contribution in [3.8, 4) is 5.75 Å². The van der Waals surface area contributed by atoms with Crippen molar-refractivity contribution in [1.82, 2.24) is 10.2 Å². The van der Waals surface area contributed by atoms with Gasteiger partial charge in [0.05, 0.1) is 13.0 Å². The molecule has 0 unspecified atom stereocenters. The molecule has 2 aromatic carbocycles. The zero-order valence-corrected chi connectivity index (χ0v) is 17.3. The van der Waals surface area contributed by atoms with E-state index in [2.05, 4.69) is 5.32 Å². The third-order valence-corrected chi connectivity index (χ3v) is 5.50. The van der Waals surface area contributed by atoms with Gasteiger partial charge in [0.1, 0.15) is 5.75 Å². The number of rotatable bonds is 7. The number of carbonyl (C=O) groups is 2. The highest BCUT2D eigenvalue weighted by atomic mass is 16.5. The lowest BCUT2D eigenvalue weighted by Crippen LogP contribution is -2.43. The van der Waals surface area contributed by atoms with E-state index < -0.39 is 0 Å². The maximum atomic E-state index is 12.5. The standard InChI is InChI=1S/C24H30N2O3/c1-18-7-6-8-19(2)23(18)29-16-13-22(27)26-14-11-21(12-15-26)24(28)25-17-20-9-4-3-5-10-20/h3-10,21H,11-17H2,1-2H3,(H,25,28). The number of piperidine rings is 1. The van der Waals surface area contributed by atoms with Crippen LogP contribution in [-0.4, -0.2) is 36.4 Å². The van der Waals surface area contributed by atoms with Crippen molar-refractivity contribution in [1.29, 1.82) is 0 Å². The number of hydrogen-bond donors (Lipinski definition) is 1. The number of hydrogen-bond acceptors (Lipinski definition) is 3. The number of carbonyl (C=O) groups excluding carboxylic acids is 2. The van der Waals surface area contributed by atoms with Crippen LogP contribution in [0.5, 0.6) is 5.75 Å². The molecule has 1 N–H and O–H groups in total. The summed E-state index contributed by atoms with van der Waals surface area (Å²) in [6, 6.07) is 15.9. The van der Waals surface area contributed by atoms with Gasteiger partial charge in [-0.3, -0.25) is 9.59 Å². The van der Waals surface area contributed by atoms with E-state index in [1.54, 1.807) is 0 Å². The lowest BCUT2D eigenvalue weighted by Gasteiger charge is -2.31. The van der Waals surface area contributed by atoms with E-state index in [-0.39, 0.29) is 17.7 Å². The Morgan fingerprint density at radius 3 is 2.31 bits per heavy atom. The third-order valence-electron chi connectivity index (χ3n) is 5.50. The van der Waals surface area contributed by atoms with Crippen LogP contribution in [0, 0.1) is 19.8 Å². The van der Waals surface area contributed by atoms with Crippen LogP contribution in [0.1, 0.15) is 36.0 Å². The number of benzene rings is 2. The number of para-hydroxylation sites is 1. The van der Waals surface area contributed by atoms with Gasteiger partial charge in [0.15, 0.2) is 0 Å². The van der Waals surface area contributed by atoms with E-state index in [9.17, 15) is 9.59 Å². The van der Waals surface area contributed by atoms with Crippen LogP contribution in [-0.2, 0) is 16.1 Å². The van der Waals surface area contributed by atoms with Gasteiger partial charge in [-0.25, -0.2) is 0 Å². The highest BCUT2D eigenvalue weighted by molar-refractivity contribution is 5.80. The maximum absolute atomic E-state index is 12.5. The summed E-state index contributed by atoms with van der Waals surface area (Å²) in [7, 11) is 0. The van der Waals surface area contributed by atoms with Gasteiger partial charge in [0.25, 0.3) is 0 Å². The Balaban J connectivity index is 1.38. The van der Waals surface area contributed by atoms with Gasteiger partial charge in [-0.05, 0) is 43.4 Å². The normalized spacial score (nSPS) is 14.5. The molecule has 1 aliphatic rings. The Labute approximate surface area is 173 Å². The third kappa shape index (κ3) is 5.83. The average molecular weight is 395 g/mol. The van der Waals surface area contributed by atoms with Crippen LogP contribution in [0.2, 0.25) is 0 Å². The predicted octanol–water partition coefficient (Wildman–Crippen LogP) is 3.63. The van der Waals surface area contributed by atoms with Crippen molar-refractivity contribution >= 4 is 11.8 Å². The monoisotopic (exact) mass is 394 g/mol. The summed E-state index contributed by atoms with van der Waals surface area (Å²) in [5, 5.41) is 3.01. The van der Waals surface area contributed by atoms with E-state index in [1.807, 2.05) is 67.3 Å². The number of nitrogens with one attached hydrogen (secondary N) is 1. The van der Waals surface area contributed by atoms with Gasteiger partial charge in [-0.15, -0.1) is 0 Å². The minimum Gasteiger partial charge on any atom is -0.493 e. The van der Waals surface area contributed by atoms with Crippen LogP contribution in [0.4, 0.5) is 0 Å². The van der Waals surface area contributed by atoms with Crippen LogP contribution in [0.15, 0.2) is 48.5 Å². The number of likely N-dealkylation sites (tertiary alicyclic amines) is 1. The lowest BCUT2D eigenvalue weighted by molar-refractivity contribution is -0.136. The molecule has 154 valence electrons. The van der Waals surface area contributed by atoms with E-state index in [0.29, 0.717) is 45.5 Å². The first-order valence-electron chi connectivity index (χ1n) is 10.3. The Kier molecular flexibility index (Phi) is 7.28. The minimum atomic E-state index is -0.0198. The van der Waals surface area contributed by atoms with Gasteiger partial charge in [0.2, 0.25) is 11.8 Å². The molecule has 0 aromatic heterocycles. The molecule has 0 spiro atoms. The molecule has 5 heteroatoms. The number of aryl methyl sites for hydroxylation is 2. The highest BCUT2D eigenvalue weighted by Gasteiger charge is 2.27. The Morgan fingerprint density at radius 1 is 1.00 bits per heavy atom. The largest absolute Gasteiger partial charge is 0.493 e. The first-order chi connectivity index (χ1) is 14.0. The number of amides is 2. The second-order valence-corrected chi connectivity index (χ2v) is 7.68. The smallest absolute Gasteiger partial charge is 0.225 e. The molecule has 5 nitrogen and oxygen atoms in total. The molecule has 2 amide bonds. The molecule has 0 aliphatic carbocycles. The second-order valence-electron chi connectivity index (χ2n) is 7.68. The Hall–Kier alpha value is -2.82. The highest BCUT2D eigenvalue weighted by Crippen LogP contribution is 2.23. The fourth-order valence-corrected chi connectivity index (χ4v) is 3.75. The van der Waals surface area contributed by atoms with Gasteiger partial charge in [-0.2, -0.15) is 0 Å². The van der Waals surface area contributed by atoms with E-state index >= 15 is 0 Å². The van der Waals surface area contributed by atoms with Gasteiger partial charge < -0.3 is 15.0 Å². The van der Waals surface area contributed by atoms with Gasteiger partial charge in [-0.1, -0.05) is 48.5 Å². The van der Waals surface area contributed by atoms with Crippen molar-refractivity contribution < 1.29 is 14.3 Å². The molecule has 2 aromatic rings. The average Bonchev–Trinajstić information content (AvgIpc) is 2.75. The lowest BCUT2D eigenvalue weighted by atomic mass is 9.95. The van der Waals surface area contributed by atoms with Gasteiger partial charge >= 0.3 is 0 Å². The fourth-order valence-electron chi connectivity index (χ4n) is 3.75. The molecular weight excluding hydrogens is 364 g/mol. The molecule has 1 saturated heterocycles. The minimum absolute atomic E-state index is 0.0198. The molecule has 1 fully saturated rings. The van der Waals surface area contributed by atoms with E-state index in [0.717, 1.165) is 22.4 Å². The van der Waals surface area contributed by atoms with Gasteiger partial charge in [0, 0.05) is 25.6 Å². The van der Waals surface area contributed by atoms with Crippen LogP contribution in [0.25, 0.3) is 0 Å². The quantitative estimate of drug-likeness (QED) is 0.780. The van der Waals surface area contributed by atoms with Crippen molar-refractivity contribution in [2.75, 3.05) is 19.7 Å². The molecule has 0 radical (unpaired) electrons. The SMILES string of the molecule is Cc1cccc(C)c1OCCC(=O)N1CCC(C(=O)NCc2ccccc2)CC1. The molecule has 0 atom stereocenters. The molecule has 0 saturated carbocycles. The Bertz CT molecular complexity index is 807. The molecule has 0 bridgehead atoms. The summed E-state index contributed by atoms with van der Waals surface area (Å²) in [5.41, 5.74) is 3.26. The summed E-state index contributed by atoms with van der Waals surface area (Å²) in [6.45, 7) is 6.21. The van der Waals surface area contributed by atoms with Crippen molar-refractivity contribution in [2.45, 2.75) is 39.7 Å². The van der Waals surface area contributed by atoms with Crippen molar-refractivity contribution in [2.24, 2.45) is 5.92 Å². The summed E-state index contributed by atoms with van der Waals surface area (Å²) in [6.07, 6.45) is 1.78. The van der Waals surface area contributed by atoms with Crippen molar-refractivity contribution in [3.63, 3.8) is 0 Å². The first-order valence-corrected chi connectivity index (χ1v) is 10.3. The molecule has 1 heterocycles. The van der Waals surface area contributed by atoms with Crippen LogP contribution in [0.3, 0.4) is 0 Å². The summed E-state index contributed by atoms with van der Waals surface area (Å²) >= 11 is 0. The topological polar surface area (TPSA) is 58.6 Å². The zero-order valence-electron chi connectivity index (χ0n) is 17.3. The second kappa shape index (κ2) is 10.1. The molecule has 1 aliphatic heterocycles. The summed E-state index contributed by atoms with van der Waals surface area (Å²) < 4.78 is 5.85. The Morgan fingerprint density at radius 2 is 1.66 bits per heavy atom. The van der Waals surface area contributed by atoms with Crippen LogP contribution < -0.4 is 10.1 Å².